The van der Waals surface area contributed by atoms with E-state index in [1.165, 1.54) is 6.07 Å². The first-order valence-electron chi connectivity index (χ1n) is 5.19. The molecule has 0 heterocycles. The first kappa shape index (κ1) is 13.9. The summed E-state index contributed by atoms with van der Waals surface area (Å²) in [6.07, 6.45) is 0. The van der Waals surface area contributed by atoms with E-state index in [2.05, 4.69) is 15.9 Å². The summed E-state index contributed by atoms with van der Waals surface area (Å²) in [5, 5.41) is 0. The van der Waals surface area contributed by atoms with Gasteiger partial charge < -0.3 is 10.5 Å². The number of rotatable bonds is 3. The molecular formula is C13H8BrF2NOS. The molecule has 2 rings (SSSR count). The molecule has 2 aromatic carbocycles. The van der Waals surface area contributed by atoms with Gasteiger partial charge in [-0.25, -0.2) is 8.78 Å². The van der Waals surface area contributed by atoms with Crippen LogP contribution in [0.5, 0.6) is 11.5 Å². The molecule has 2 nitrogen and oxygen atoms in total. The van der Waals surface area contributed by atoms with Gasteiger partial charge in [0.25, 0.3) is 0 Å². The zero-order valence-electron chi connectivity index (χ0n) is 9.49. The van der Waals surface area contributed by atoms with Crippen molar-refractivity contribution >= 4 is 33.1 Å². The zero-order valence-corrected chi connectivity index (χ0v) is 11.9. The van der Waals surface area contributed by atoms with Gasteiger partial charge in [0.05, 0.1) is 4.47 Å². The van der Waals surface area contributed by atoms with E-state index in [0.717, 1.165) is 12.1 Å². The lowest BCUT2D eigenvalue weighted by Gasteiger charge is -2.09. The lowest BCUT2D eigenvalue weighted by Crippen LogP contribution is -2.09. The Morgan fingerprint density at radius 3 is 2.42 bits per heavy atom. The third-order valence-corrected chi connectivity index (χ3v) is 3.19. The lowest BCUT2D eigenvalue weighted by atomic mass is 10.2. The summed E-state index contributed by atoms with van der Waals surface area (Å²) < 4.78 is 31.9. The van der Waals surface area contributed by atoms with E-state index in [4.69, 9.17) is 22.7 Å². The van der Waals surface area contributed by atoms with Crippen molar-refractivity contribution in [1.29, 1.82) is 0 Å². The number of thiocarbonyl (C=S) groups is 1. The Hall–Kier alpha value is -1.53. The highest BCUT2D eigenvalue weighted by Crippen LogP contribution is 2.31. The van der Waals surface area contributed by atoms with Crippen LogP contribution in [0.25, 0.3) is 0 Å². The normalized spacial score (nSPS) is 10.3. The van der Waals surface area contributed by atoms with Crippen LogP contribution in [-0.4, -0.2) is 4.99 Å². The van der Waals surface area contributed by atoms with Crippen LogP contribution in [0.4, 0.5) is 8.78 Å². The second-order valence-corrected chi connectivity index (χ2v) is 4.98. The highest BCUT2D eigenvalue weighted by molar-refractivity contribution is 9.10. The number of hydrogen-bond acceptors (Lipinski definition) is 2. The van der Waals surface area contributed by atoms with Crippen molar-refractivity contribution in [2.45, 2.75) is 0 Å². The third kappa shape index (κ3) is 3.27. The summed E-state index contributed by atoms with van der Waals surface area (Å²) in [6, 6.07) is 8.33. The monoisotopic (exact) mass is 343 g/mol. The SMILES string of the molecule is NC(=S)c1ccc(Oc2ccc(F)c(F)c2)c(Br)c1. The van der Waals surface area contributed by atoms with Crippen molar-refractivity contribution in [2.24, 2.45) is 5.73 Å². The molecule has 0 aromatic heterocycles. The number of halogens is 3. The molecule has 0 amide bonds. The van der Waals surface area contributed by atoms with Crippen molar-refractivity contribution in [3.63, 3.8) is 0 Å². The number of hydrogen-bond donors (Lipinski definition) is 1. The van der Waals surface area contributed by atoms with Crippen LogP contribution >= 0.6 is 28.1 Å². The minimum absolute atomic E-state index is 0.197. The molecular weight excluding hydrogens is 336 g/mol. The fourth-order valence-electron chi connectivity index (χ4n) is 1.40. The summed E-state index contributed by atoms with van der Waals surface area (Å²) in [4.78, 5) is 0.264. The fraction of sp³-hybridized carbons (Fsp3) is 0. The molecule has 0 saturated heterocycles. The quantitative estimate of drug-likeness (QED) is 0.850. The van der Waals surface area contributed by atoms with Crippen LogP contribution in [-0.2, 0) is 0 Å². The van der Waals surface area contributed by atoms with Gasteiger partial charge in [-0.3, -0.25) is 0 Å². The molecule has 19 heavy (non-hydrogen) atoms. The van der Waals surface area contributed by atoms with Gasteiger partial charge in [0, 0.05) is 11.6 Å². The molecule has 0 aliphatic carbocycles. The summed E-state index contributed by atoms with van der Waals surface area (Å²) in [6.45, 7) is 0. The molecule has 0 atom stereocenters. The Bertz CT molecular complexity index is 649. The molecule has 0 radical (unpaired) electrons. The van der Waals surface area contributed by atoms with E-state index >= 15 is 0 Å². The smallest absolute Gasteiger partial charge is 0.162 e. The van der Waals surface area contributed by atoms with Crippen LogP contribution in [0.2, 0.25) is 0 Å². The van der Waals surface area contributed by atoms with Gasteiger partial charge >= 0.3 is 0 Å². The molecule has 0 unspecified atom stereocenters. The first-order valence-corrected chi connectivity index (χ1v) is 6.40. The van der Waals surface area contributed by atoms with Crippen LogP contribution in [0.15, 0.2) is 40.9 Å². The molecule has 0 spiro atoms. The van der Waals surface area contributed by atoms with Crippen LogP contribution < -0.4 is 10.5 Å². The van der Waals surface area contributed by atoms with Crippen molar-refractivity contribution in [1.82, 2.24) is 0 Å². The Balaban J connectivity index is 2.28. The number of benzene rings is 2. The molecule has 0 saturated carbocycles. The Labute approximate surface area is 122 Å². The van der Waals surface area contributed by atoms with Crippen LogP contribution in [0.3, 0.4) is 0 Å². The largest absolute Gasteiger partial charge is 0.456 e. The topological polar surface area (TPSA) is 35.2 Å². The number of ether oxygens (including phenoxy) is 1. The molecule has 2 N–H and O–H groups in total. The fourth-order valence-corrected chi connectivity index (χ4v) is 1.99. The van der Waals surface area contributed by atoms with Crippen molar-refractivity contribution in [3.05, 3.63) is 58.1 Å². The first-order chi connectivity index (χ1) is 8.97. The third-order valence-electron chi connectivity index (χ3n) is 2.34. The summed E-state index contributed by atoms with van der Waals surface area (Å²) >= 11 is 8.15. The van der Waals surface area contributed by atoms with E-state index in [0.29, 0.717) is 15.8 Å². The highest BCUT2D eigenvalue weighted by Gasteiger charge is 2.08. The maximum Gasteiger partial charge on any atom is 0.162 e. The van der Waals surface area contributed by atoms with E-state index < -0.39 is 11.6 Å². The van der Waals surface area contributed by atoms with Crippen molar-refractivity contribution in [2.75, 3.05) is 0 Å². The predicted octanol–water partition coefficient (Wildman–Crippen LogP) is 4.15. The van der Waals surface area contributed by atoms with Gasteiger partial charge in [-0.15, -0.1) is 0 Å². The van der Waals surface area contributed by atoms with Gasteiger partial charge in [0.2, 0.25) is 0 Å². The van der Waals surface area contributed by atoms with Crippen molar-refractivity contribution in [3.8, 4) is 11.5 Å². The average molecular weight is 344 g/mol. The van der Waals surface area contributed by atoms with E-state index in [9.17, 15) is 8.78 Å². The van der Waals surface area contributed by atoms with Gasteiger partial charge in [-0.2, -0.15) is 0 Å². The van der Waals surface area contributed by atoms with E-state index in [1.54, 1.807) is 18.2 Å². The second-order valence-electron chi connectivity index (χ2n) is 3.69. The molecule has 0 fully saturated rings. The van der Waals surface area contributed by atoms with Gasteiger partial charge in [-0.05, 0) is 46.3 Å². The minimum Gasteiger partial charge on any atom is -0.456 e. The summed E-state index contributed by atoms with van der Waals surface area (Å²) in [5.74, 6) is -1.24. The summed E-state index contributed by atoms with van der Waals surface area (Å²) in [5.41, 5.74) is 6.18. The maximum atomic E-state index is 13.1. The zero-order chi connectivity index (χ0) is 14.0. The van der Waals surface area contributed by atoms with Gasteiger partial charge in [0.15, 0.2) is 11.6 Å². The van der Waals surface area contributed by atoms with Gasteiger partial charge in [0.1, 0.15) is 16.5 Å². The summed E-state index contributed by atoms with van der Waals surface area (Å²) in [7, 11) is 0. The van der Waals surface area contributed by atoms with Gasteiger partial charge in [-0.1, -0.05) is 12.2 Å². The van der Waals surface area contributed by atoms with Crippen LogP contribution in [0, 0.1) is 11.6 Å². The lowest BCUT2D eigenvalue weighted by molar-refractivity contribution is 0.459. The predicted molar refractivity (Wildman–Crippen MR) is 76.5 cm³/mol. The molecule has 0 aliphatic heterocycles. The molecule has 0 bridgehead atoms. The minimum atomic E-state index is -0.964. The molecule has 6 heteroatoms. The maximum absolute atomic E-state index is 13.1. The van der Waals surface area contributed by atoms with Crippen molar-refractivity contribution < 1.29 is 13.5 Å². The standard InChI is InChI=1S/C13H8BrF2NOS/c14-9-5-7(13(17)19)1-4-12(9)18-8-2-3-10(15)11(16)6-8/h1-6H,(H2,17,19). The second kappa shape index (κ2) is 5.63. The molecule has 98 valence electrons. The van der Waals surface area contributed by atoms with Crippen LogP contribution in [0.1, 0.15) is 5.56 Å². The molecule has 0 aliphatic rings. The highest BCUT2D eigenvalue weighted by atomic mass is 79.9. The Kier molecular flexibility index (Phi) is 4.11. The molecule has 2 aromatic rings. The average Bonchev–Trinajstić information content (AvgIpc) is 2.36. The Morgan fingerprint density at radius 2 is 1.84 bits per heavy atom. The van der Waals surface area contributed by atoms with E-state index in [-0.39, 0.29) is 10.7 Å². The number of nitrogens with two attached hydrogens (primary N) is 1. The Morgan fingerprint density at radius 1 is 1.11 bits per heavy atom. The van der Waals surface area contributed by atoms with E-state index in [1.807, 2.05) is 0 Å².